The highest BCUT2D eigenvalue weighted by atomic mass is 16.5. The van der Waals surface area contributed by atoms with Crippen LogP contribution in [0.4, 0.5) is 0 Å². The topological polar surface area (TPSA) is 42.1 Å². The van der Waals surface area contributed by atoms with Crippen LogP contribution < -0.4 is 4.74 Å². The molecule has 0 aliphatic rings. The van der Waals surface area contributed by atoms with Crippen molar-refractivity contribution in [3.8, 4) is 5.75 Å². The zero-order valence-corrected chi connectivity index (χ0v) is 9.76. The van der Waals surface area contributed by atoms with Gasteiger partial charge < -0.3 is 9.72 Å². The van der Waals surface area contributed by atoms with Crippen LogP contribution in [0, 0.1) is 6.92 Å². The summed E-state index contributed by atoms with van der Waals surface area (Å²) in [6.07, 6.45) is 0.471. The van der Waals surface area contributed by atoms with Crippen molar-refractivity contribution in [3.63, 3.8) is 0 Å². The molecule has 2 aromatic rings. The Labute approximate surface area is 94.4 Å². The summed E-state index contributed by atoms with van der Waals surface area (Å²) in [6, 6.07) is 5.87. The quantitative estimate of drug-likeness (QED) is 0.858. The van der Waals surface area contributed by atoms with E-state index in [1.165, 1.54) is 0 Å². The van der Waals surface area contributed by atoms with Crippen LogP contribution in [0.15, 0.2) is 18.2 Å². The largest absolute Gasteiger partial charge is 0.495 e. The number of ketones is 1. The standard InChI is InChI=1S/C13H15NO2/c1-8(15)7-11-9(2)14-13-10(11)5-4-6-12(13)16-3/h4-6,14H,7H2,1-3H3. The Kier molecular flexibility index (Phi) is 2.69. The van der Waals surface area contributed by atoms with E-state index in [-0.39, 0.29) is 5.78 Å². The zero-order chi connectivity index (χ0) is 11.7. The number of aromatic amines is 1. The lowest BCUT2D eigenvalue weighted by atomic mass is 10.1. The molecule has 0 saturated heterocycles. The van der Waals surface area contributed by atoms with Gasteiger partial charge in [0.25, 0.3) is 0 Å². The third-order valence-corrected chi connectivity index (χ3v) is 2.76. The van der Waals surface area contributed by atoms with Crippen molar-refractivity contribution >= 4 is 16.7 Å². The molecule has 84 valence electrons. The third kappa shape index (κ3) is 1.69. The number of benzene rings is 1. The average molecular weight is 217 g/mol. The van der Waals surface area contributed by atoms with Crippen molar-refractivity contribution in [3.05, 3.63) is 29.5 Å². The second-order valence-electron chi connectivity index (χ2n) is 3.99. The van der Waals surface area contributed by atoms with Crippen molar-refractivity contribution in [1.29, 1.82) is 0 Å². The molecule has 0 radical (unpaired) electrons. The molecule has 3 nitrogen and oxygen atoms in total. The number of para-hydroxylation sites is 1. The van der Waals surface area contributed by atoms with E-state index in [9.17, 15) is 4.79 Å². The number of H-pyrrole nitrogens is 1. The van der Waals surface area contributed by atoms with E-state index in [1.807, 2.05) is 25.1 Å². The van der Waals surface area contributed by atoms with E-state index >= 15 is 0 Å². The number of carbonyl (C=O) groups excluding carboxylic acids is 1. The van der Waals surface area contributed by atoms with Crippen molar-refractivity contribution in [2.75, 3.05) is 7.11 Å². The molecule has 0 saturated carbocycles. The molecular weight excluding hydrogens is 202 g/mol. The van der Waals surface area contributed by atoms with Gasteiger partial charge >= 0.3 is 0 Å². The number of aryl methyl sites for hydroxylation is 1. The fraction of sp³-hybridized carbons (Fsp3) is 0.308. The summed E-state index contributed by atoms with van der Waals surface area (Å²) in [5.74, 6) is 0.988. The predicted octanol–water partition coefficient (Wildman–Crippen LogP) is 2.62. The normalized spacial score (nSPS) is 10.7. The number of rotatable bonds is 3. The molecule has 0 aliphatic heterocycles. The first-order valence-electron chi connectivity index (χ1n) is 5.27. The fourth-order valence-corrected chi connectivity index (χ4v) is 2.02. The fourth-order valence-electron chi connectivity index (χ4n) is 2.02. The highest BCUT2D eigenvalue weighted by molar-refractivity contribution is 5.93. The van der Waals surface area contributed by atoms with Gasteiger partial charge in [-0.25, -0.2) is 0 Å². The van der Waals surface area contributed by atoms with E-state index in [4.69, 9.17) is 4.74 Å². The monoisotopic (exact) mass is 217 g/mol. The Balaban J connectivity index is 2.66. The molecule has 0 aliphatic carbocycles. The first-order valence-corrected chi connectivity index (χ1v) is 5.27. The molecule has 1 N–H and O–H groups in total. The molecule has 0 amide bonds. The first kappa shape index (κ1) is 10.7. The molecule has 3 heteroatoms. The average Bonchev–Trinajstić information content (AvgIpc) is 2.55. The van der Waals surface area contributed by atoms with Gasteiger partial charge in [-0.15, -0.1) is 0 Å². The van der Waals surface area contributed by atoms with Crippen LogP contribution in [0.5, 0.6) is 5.75 Å². The summed E-state index contributed by atoms with van der Waals surface area (Å²) in [5, 5.41) is 1.08. The van der Waals surface area contributed by atoms with Gasteiger partial charge in [0.1, 0.15) is 11.5 Å². The Morgan fingerprint density at radius 2 is 2.19 bits per heavy atom. The molecule has 0 fully saturated rings. The molecule has 16 heavy (non-hydrogen) atoms. The Hall–Kier alpha value is -1.77. The number of hydrogen-bond donors (Lipinski definition) is 1. The van der Waals surface area contributed by atoms with Crippen LogP contribution in [0.2, 0.25) is 0 Å². The number of nitrogens with one attached hydrogen (secondary N) is 1. The maximum atomic E-state index is 11.2. The van der Waals surface area contributed by atoms with Gasteiger partial charge in [0.05, 0.1) is 12.6 Å². The van der Waals surface area contributed by atoms with Crippen LogP contribution in [-0.4, -0.2) is 17.9 Å². The smallest absolute Gasteiger partial charge is 0.142 e. The third-order valence-electron chi connectivity index (χ3n) is 2.76. The lowest BCUT2D eigenvalue weighted by Gasteiger charge is -2.01. The molecule has 1 aromatic heterocycles. The summed E-state index contributed by atoms with van der Waals surface area (Å²) in [7, 11) is 1.65. The summed E-state index contributed by atoms with van der Waals surface area (Å²) < 4.78 is 5.28. The minimum atomic E-state index is 0.173. The van der Waals surface area contributed by atoms with Crippen molar-refractivity contribution < 1.29 is 9.53 Å². The van der Waals surface area contributed by atoms with Gasteiger partial charge in [-0.2, -0.15) is 0 Å². The molecule has 2 rings (SSSR count). The number of carbonyl (C=O) groups is 1. The summed E-state index contributed by atoms with van der Waals surface area (Å²) in [4.78, 5) is 14.5. The van der Waals surface area contributed by atoms with E-state index in [1.54, 1.807) is 14.0 Å². The van der Waals surface area contributed by atoms with E-state index in [0.29, 0.717) is 6.42 Å². The maximum Gasteiger partial charge on any atom is 0.142 e. The van der Waals surface area contributed by atoms with Crippen LogP contribution in [0.25, 0.3) is 10.9 Å². The van der Waals surface area contributed by atoms with Gasteiger partial charge in [0, 0.05) is 17.5 Å². The summed E-state index contributed by atoms with van der Waals surface area (Å²) in [5.41, 5.74) is 3.08. The van der Waals surface area contributed by atoms with Gasteiger partial charge in [0.2, 0.25) is 0 Å². The lowest BCUT2D eigenvalue weighted by molar-refractivity contribution is -0.116. The van der Waals surface area contributed by atoms with Crippen LogP contribution >= 0.6 is 0 Å². The Morgan fingerprint density at radius 1 is 1.44 bits per heavy atom. The van der Waals surface area contributed by atoms with Crippen molar-refractivity contribution in [1.82, 2.24) is 4.98 Å². The predicted molar refractivity (Wildman–Crippen MR) is 64.0 cm³/mol. The lowest BCUT2D eigenvalue weighted by Crippen LogP contribution is -1.96. The molecule has 0 bridgehead atoms. The number of hydrogen-bond acceptors (Lipinski definition) is 2. The van der Waals surface area contributed by atoms with Crippen molar-refractivity contribution in [2.45, 2.75) is 20.3 Å². The highest BCUT2D eigenvalue weighted by Gasteiger charge is 2.12. The van der Waals surface area contributed by atoms with Crippen LogP contribution in [-0.2, 0) is 11.2 Å². The molecular formula is C13H15NO2. The number of ether oxygens (including phenoxy) is 1. The summed E-state index contributed by atoms with van der Waals surface area (Å²) >= 11 is 0. The van der Waals surface area contributed by atoms with Gasteiger partial charge in [-0.1, -0.05) is 12.1 Å². The Morgan fingerprint density at radius 3 is 2.81 bits per heavy atom. The second kappa shape index (κ2) is 4.00. The van der Waals surface area contributed by atoms with Crippen LogP contribution in [0.3, 0.4) is 0 Å². The number of Topliss-reactive ketones (excluding diaryl/α,β-unsaturated/α-hetero) is 1. The van der Waals surface area contributed by atoms with Crippen LogP contribution in [0.1, 0.15) is 18.2 Å². The number of aromatic nitrogens is 1. The molecule has 1 aromatic carbocycles. The second-order valence-corrected chi connectivity index (χ2v) is 3.99. The SMILES string of the molecule is COc1cccc2c(CC(C)=O)c(C)[nH]c12. The van der Waals surface area contributed by atoms with E-state index < -0.39 is 0 Å². The van der Waals surface area contributed by atoms with E-state index in [0.717, 1.165) is 27.9 Å². The maximum absolute atomic E-state index is 11.2. The van der Waals surface area contributed by atoms with E-state index in [2.05, 4.69) is 4.98 Å². The highest BCUT2D eigenvalue weighted by Crippen LogP contribution is 2.29. The number of fused-ring (bicyclic) bond motifs is 1. The molecule has 0 spiro atoms. The molecule has 0 unspecified atom stereocenters. The van der Waals surface area contributed by atoms with Crippen molar-refractivity contribution in [2.24, 2.45) is 0 Å². The Bertz CT molecular complexity index is 540. The van der Waals surface area contributed by atoms with Gasteiger partial charge in [-0.05, 0) is 25.5 Å². The molecule has 0 atom stereocenters. The minimum absolute atomic E-state index is 0.173. The van der Waals surface area contributed by atoms with Gasteiger partial charge in [-0.3, -0.25) is 4.79 Å². The molecule has 1 heterocycles. The number of methoxy groups -OCH3 is 1. The first-order chi connectivity index (χ1) is 7.63. The zero-order valence-electron chi connectivity index (χ0n) is 9.76. The van der Waals surface area contributed by atoms with Gasteiger partial charge in [0.15, 0.2) is 0 Å². The summed E-state index contributed by atoms with van der Waals surface area (Å²) in [6.45, 7) is 3.59. The minimum Gasteiger partial charge on any atom is -0.495 e.